The number of hydrogen-bond donors (Lipinski definition) is 4. The van der Waals surface area contributed by atoms with Gasteiger partial charge in [-0.1, -0.05) is 12.1 Å². The third-order valence-electron chi connectivity index (χ3n) is 1.80. The number of anilines is 1. The normalized spacial score (nSPS) is 11.8. The summed E-state index contributed by atoms with van der Waals surface area (Å²) < 4.78 is 0. The summed E-state index contributed by atoms with van der Waals surface area (Å²) in [4.78, 5) is 10.6. The van der Waals surface area contributed by atoms with Gasteiger partial charge in [0.1, 0.15) is 6.04 Å². The first-order chi connectivity index (χ1) is 7.00. The fraction of sp³-hybridized carbons (Fsp3) is 0.111. The molecule has 0 amide bonds. The van der Waals surface area contributed by atoms with Crippen molar-refractivity contribution >= 4 is 29.0 Å². The molecular weight excluding hydrogens is 214 g/mol. The molecule has 0 radical (unpaired) electrons. The van der Waals surface area contributed by atoms with Gasteiger partial charge < -0.3 is 21.9 Å². The van der Waals surface area contributed by atoms with E-state index in [1.165, 1.54) is 0 Å². The van der Waals surface area contributed by atoms with Crippen molar-refractivity contribution in [3.63, 3.8) is 0 Å². The Kier molecular flexibility index (Phi) is 3.59. The van der Waals surface area contributed by atoms with E-state index in [1.54, 1.807) is 24.3 Å². The third kappa shape index (κ3) is 3.19. The van der Waals surface area contributed by atoms with Crippen LogP contribution in [-0.4, -0.2) is 16.2 Å². The first-order valence-electron chi connectivity index (χ1n) is 4.15. The molecule has 6 N–H and O–H groups in total. The molecule has 0 aromatic heterocycles. The summed E-state index contributed by atoms with van der Waals surface area (Å²) in [6.45, 7) is 0. The average molecular weight is 225 g/mol. The highest BCUT2D eigenvalue weighted by molar-refractivity contribution is 7.80. The minimum Gasteiger partial charge on any atom is -0.480 e. The largest absolute Gasteiger partial charge is 0.480 e. The fourth-order valence-corrected chi connectivity index (χ4v) is 1.18. The number of nitrogens with two attached hydrogens (primary N) is 2. The number of aliphatic carboxylic acids is 1. The van der Waals surface area contributed by atoms with Gasteiger partial charge in [0.25, 0.3) is 0 Å². The monoisotopic (exact) mass is 225 g/mol. The summed E-state index contributed by atoms with van der Waals surface area (Å²) in [5, 5.41) is 11.5. The Morgan fingerprint density at radius 2 is 1.93 bits per heavy atom. The second kappa shape index (κ2) is 4.72. The van der Waals surface area contributed by atoms with Crippen LogP contribution in [0.1, 0.15) is 11.6 Å². The summed E-state index contributed by atoms with van der Waals surface area (Å²) in [5.74, 6) is -1.06. The minimum atomic E-state index is -1.06. The van der Waals surface area contributed by atoms with Crippen LogP contribution in [0, 0.1) is 0 Å². The van der Waals surface area contributed by atoms with E-state index in [-0.39, 0.29) is 5.11 Å². The van der Waals surface area contributed by atoms with Gasteiger partial charge in [-0.05, 0) is 29.9 Å². The first kappa shape index (κ1) is 11.4. The zero-order valence-electron chi connectivity index (χ0n) is 7.81. The molecule has 0 spiro atoms. The Labute approximate surface area is 92.1 Å². The Morgan fingerprint density at radius 1 is 1.40 bits per heavy atom. The molecule has 1 rings (SSSR count). The molecule has 0 saturated carbocycles. The van der Waals surface area contributed by atoms with Crippen molar-refractivity contribution < 1.29 is 9.90 Å². The van der Waals surface area contributed by atoms with Crippen molar-refractivity contribution in [2.45, 2.75) is 6.04 Å². The summed E-state index contributed by atoms with van der Waals surface area (Å²) in [7, 11) is 0. The van der Waals surface area contributed by atoms with Gasteiger partial charge in [0.05, 0.1) is 0 Å². The lowest BCUT2D eigenvalue weighted by atomic mass is 10.1. The van der Waals surface area contributed by atoms with Gasteiger partial charge in [0.2, 0.25) is 0 Å². The molecule has 5 nitrogen and oxygen atoms in total. The number of carboxylic acid groups (broad SMARTS) is 1. The van der Waals surface area contributed by atoms with Crippen LogP contribution in [0.4, 0.5) is 5.69 Å². The van der Waals surface area contributed by atoms with E-state index in [0.29, 0.717) is 11.3 Å². The van der Waals surface area contributed by atoms with Crippen LogP contribution in [0.5, 0.6) is 0 Å². The van der Waals surface area contributed by atoms with E-state index in [4.69, 9.17) is 16.6 Å². The highest BCUT2D eigenvalue weighted by Crippen LogP contribution is 2.14. The Bertz CT molecular complexity index is 377. The van der Waals surface area contributed by atoms with E-state index in [0.717, 1.165) is 0 Å². The first-order valence-corrected chi connectivity index (χ1v) is 4.56. The van der Waals surface area contributed by atoms with Crippen LogP contribution in [0.15, 0.2) is 24.3 Å². The molecule has 0 aliphatic carbocycles. The summed E-state index contributed by atoms with van der Waals surface area (Å²) >= 11 is 4.65. The molecule has 0 fully saturated rings. The van der Waals surface area contributed by atoms with Gasteiger partial charge in [0.15, 0.2) is 5.11 Å². The maximum atomic E-state index is 10.6. The van der Waals surface area contributed by atoms with Crippen molar-refractivity contribution in [2.75, 3.05) is 5.32 Å². The molecule has 1 aromatic carbocycles. The quantitative estimate of drug-likeness (QED) is 0.556. The maximum absolute atomic E-state index is 10.6. The van der Waals surface area contributed by atoms with Gasteiger partial charge in [-0.2, -0.15) is 0 Å². The van der Waals surface area contributed by atoms with E-state index >= 15 is 0 Å². The van der Waals surface area contributed by atoms with Crippen LogP contribution >= 0.6 is 12.2 Å². The van der Waals surface area contributed by atoms with E-state index in [2.05, 4.69) is 17.5 Å². The Hall–Kier alpha value is -1.66. The van der Waals surface area contributed by atoms with Crippen LogP contribution < -0.4 is 16.8 Å². The summed E-state index contributed by atoms with van der Waals surface area (Å²) in [6.07, 6.45) is 0. The Balaban J connectivity index is 2.80. The Morgan fingerprint density at radius 3 is 2.33 bits per heavy atom. The van der Waals surface area contributed by atoms with Crippen molar-refractivity contribution in [3.8, 4) is 0 Å². The second-order valence-electron chi connectivity index (χ2n) is 2.93. The molecule has 80 valence electrons. The van der Waals surface area contributed by atoms with Crippen LogP contribution in [-0.2, 0) is 4.79 Å². The van der Waals surface area contributed by atoms with E-state index in [1.807, 2.05) is 0 Å². The number of benzene rings is 1. The molecule has 0 aliphatic rings. The molecule has 0 saturated heterocycles. The standard InChI is InChI=1S/C9H11N3O2S/c10-7(8(13)14)5-1-3-6(4-2-5)12-9(11)15/h1-4,7H,10H2,(H,13,14)(H3,11,12,15)/t7-/m0/s1. The maximum Gasteiger partial charge on any atom is 0.325 e. The van der Waals surface area contributed by atoms with E-state index < -0.39 is 12.0 Å². The summed E-state index contributed by atoms with van der Waals surface area (Å²) in [5.41, 5.74) is 11.9. The molecule has 0 aliphatic heterocycles. The highest BCUT2D eigenvalue weighted by Gasteiger charge is 2.13. The SMILES string of the molecule is NC(=S)Nc1ccc([C@H](N)C(=O)O)cc1. The number of thiocarbonyl (C=S) groups is 1. The molecule has 6 heteroatoms. The number of rotatable bonds is 3. The van der Waals surface area contributed by atoms with Gasteiger partial charge in [-0.15, -0.1) is 0 Å². The number of carboxylic acids is 1. The fourth-order valence-electron chi connectivity index (χ4n) is 1.06. The topological polar surface area (TPSA) is 101 Å². The third-order valence-corrected chi connectivity index (χ3v) is 1.91. The zero-order valence-corrected chi connectivity index (χ0v) is 8.62. The molecular formula is C9H11N3O2S. The predicted molar refractivity (Wildman–Crippen MR) is 61.4 cm³/mol. The van der Waals surface area contributed by atoms with Crippen molar-refractivity contribution in [3.05, 3.63) is 29.8 Å². The number of carbonyl (C=O) groups is 1. The number of nitrogens with one attached hydrogen (secondary N) is 1. The lowest BCUT2D eigenvalue weighted by molar-refractivity contribution is -0.138. The van der Waals surface area contributed by atoms with Crippen molar-refractivity contribution in [2.24, 2.45) is 11.5 Å². The molecule has 0 heterocycles. The molecule has 1 atom stereocenters. The van der Waals surface area contributed by atoms with Crippen LogP contribution in [0.3, 0.4) is 0 Å². The zero-order chi connectivity index (χ0) is 11.4. The number of hydrogen-bond acceptors (Lipinski definition) is 3. The predicted octanol–water partition coefficient (Wildman–Crippen LogP) is 0.426. The molecule has 0 unspecified atom stereocenters. The van der Waals surface area contributed by atoms with Gasteiger partial charge >= 0.3 is 5.97 Å². The molecule has 1 aromatic rings. The second-order valence-corrected chi connectivity index (χ2v) is 3.37. The molecule has 0 bridgehead atoms. The average Bonchev–Trinajstić information content (AvgIpc) is 2.17. The smallest absolute Gasteiger partial charge is 0.325 e. The van der Waals surface area contributed by atoms with Gasteiger partial charge in [-0.25, -0.2) is 0 Å². The van der Waals surface area contributed by atoms with E-state index in [9.17, 15) is 4.79 Å². The lowest BCUT2D eigenvalue weighted by Crippen LogP contribution is -2.21. The molecule has 15 heavy (non-hydrogen) atoms. The van der Waals surface area contributed by atoms with Crippen molar-refractivity contribution in [1.29, 1.82) is 0 Å². The van der Waals surface area contributed by atoms with Crippen LogP contribution in [0.2, 0.25) is 0 Å². The minimum absolute atomic E-state index is 0.158. The van der Waals surface area contributed by atoms with Crippen LogP contribution in [0.25, 0.3) is 0 Å². The van der Waals surface area contributed by atoms with Gasteiger partial charge in [0, 0.05) is 5.69 Å². The van der Waals surface area contributed by atoms with Crippen molar-refractivity contribution in [1.82, 2.24) is 0 Å². The summed E-state index contributed by atoms with van der Waals surface area (Å²) in [6, 6.07) is 5.54. The lowest BCUT2D eigenvalue weighted by Gasteiger charge is -2.08. The highest BCUT2D eigenvalue weighted by atomic mass is 32.1. The van der Waals surface area contributed by atoms with Gasteiger partial charge in [-0.3, -0.25) is 4.79 Å².